The zero-order valence-electron chi connectivity index (χ0n) is 9.91. The lowest BCUT2D eigenvalue weighted by molar-refractivity contribution is 0.659. The highest BCUT2D eigenvalue weighted by molar-refractivity contribution is 5.81. The Morgan fingerprint density at radius 3 is 2.56 bits per heavy atom. The minimum atomic E-state index is 0.111. The summed E-state index contributed by atoms with van der Waals surface area (Å²) in [5.41, 5.74) is 6.76. The average molecular weight is 209 g/mol. The Morgan fingerprint density at radius 1 is 1.00 bits per heavy atom. The van der Waals surface area contributed by atoms with Gasteiger partial charge in [0.25, 0.3) is 0 Å². The third-order valence-electron chi connectivity index (χ3n) is 3.68. The number of benzene rings is 1. The van der Waals surface area contributed by atoms with Crippen LogP contribution in [-0.4, -0.2) is 4.98 Å². The van der Waals surface area contributed by atoms with Crippen LogP contribution in [-0.2, 0) is 5.41 Å². The number of hydrogen-bond acceptors (Lipinski definition) is 1. The van der Waals surface area contributed by atoms with Crippen molar-refractivity contribution in [3.05, 3.63) is 53.3 Å². The molecule has 1 heterocycles. The molecule has 0 saturated heterocycles. The molecule has 16 heavy (non-hydrogen) atoms. The van der Waals surface area contributed by atoms with E-state index in [9.17, 15) is 0 Å². The van der Waals surface area contributed by atoms with Crippen molar-refractivity contribution in [3.8, 4) is 11.1 Å². The minimum Gasteiger partial charge on any atom is -0.261 e. The molecule has 0 spiro atoms. The van der Waals surface area contributed by atoms with E-state index in [0.29, 0.717) is 0 Å². The van der Waals surface area contributed by atoms with Gasteiger partial charge in [-0.2, -0.15) is 0 Å². The van der Waals surface area contributed by atoms with Crippen LogP contribution in [0.2, 0.25) is 0 Å². The molecule has 0 unspecified atom stereocenters. The molecule has 2 aromatic rings. The van der Waals surface area contributed by atoms with E-state index in [2.05, 4.69) is 56.1 Å². The molecule has 0 amide bonds. The number of nitrogens with zero attached hydrogens (tertiary/aromatic N) is 1. The van der Waals surface area contributed by atoms with Gasteiger partial charge in [-0.3, -0.25) is 4.98 Å². The quantitative estimate of drug-likeness (QED) is 0.644. The molecule has 1 aliphatic rings. The molecule has 0 bridgehead atoms. The smallest absolute Gasteiger partial charge is 0.0454 e. The molecule has 0 radical (unpaired) electrons. The topological polar surface area (TPSA) is 12.9 Å². The summed E-state index contributed by atoms with van der Waals surface area (Å²) in [6, 6.07) is 10.8. The molecule has 0 aliphatic heterocycles. The van der Waals surface area contributed by atoms with Crippen LogP contribution in [0.3, 0.4) is 0 Å². The second kappa shape index (κ2) is 2.94. The summed E-state index contributed by atoms with van der Waals surface area (Å²) in [5, 5.41) is 0. The van der Waals surface area contributed by atoms with Gasteiger partial charge in [-0.15, -0.1) is 0 Å². The van der Waals surface area contributed by atoms with Crippen LogP contribution in [0.1, 0.15) is 30.7 Å². The number of aromatic nitrogens is 1. The van der Waals surface area contributed by atoms with E-state index in [4.69, 9.17) is 0 Å². The van der Waals surface area contributed by atoms with Crippen molar-refractivity contribution in [2.45, 2.75) is 26.2 Å². The Hall–Kier alpha value is -1.63. The molecule has 80 valence electrons. The van der Waals surface area contributed by atoms with Crippen molar-refractivity contribution in [1.82, 2.24) is 4.98 Å². The van der Waals surface area contributed by atoms with Gasteiger partial charge in [-0.1, -0.05) is 38.1 Å². The van der Waals surface area contributed by atoms with Gasteiger partial charge >= 0.3 is 0 Å². The summed E-state index contributed by atoms with van der Waals surface area (Å²) in [6.45, 7) is 6.67. The fraction of sp³-hybridized carbons (Fsp3) is 0.267. The van der Waals surface area contributed by atoms with E-state index in [1.807, 2.05) is 6.20 Å². The van der Waals surface area contributed by atoms with Crippen LogP contribution in [0.4, 0.5) is 0 Å². The van der Waals surface area contributed by atoms with Crippen LogP contribution in [0.25, 0.3) is 11.1 Å². The fourth-order valence-corrected chi connectivity index (χ4v) is 2.82. The highest BCUT2D eigenvalue weighted by Gasteiger charge is 2.35. The maximum atomic E-state index is 4.42. The number of hydrogen-bond donors (Lipinski definition) is 0. The largest absolute Gasteiger partial charge is 0.261 e. The average Bonchev–Trinajstić information content (AvgIpc) is 2.51. The molecule has 1 aromatic carbocycles. The summed E-state index contributed by atoms with van der Waals surface area (Å²) >= 11 is 0. The van der Waals surface area contributed by atoms with Gasteiger partial charge in [0.15, 0.2) is 0 Å². The van der Waals surface area contributed by atoms with Gasteiger partial charge in [-0.05, 0) is 29.7 Å². The van der Waals surface area contributed by atoms with Crippen LogP contribution in [0.15, 0.2) is 36.5 Å². The molecular weight excluding hydrogens is 194 g/mol. The number of rotatable bonds is 0. The summed E-state index contributed by atoms with van der Waals surface area (Å²) in [6.07, 6.45) is 1.92. The minimum absolute atomic E-state index is 0.111. The van der Waals surface area contributed by atoms with E-state index in [1.54, 1.807) is 0 Å². The van der Waals surface area contributed by atoms with Gasteiger partial charge < -0.3 is 0 Å². The summed E-state index contributed by atoms with van der Waals surface area (Å²) in [5.74, 6) is 0. The normalized spacial score (nSPS) is 15.7. The van der Waals surface area contributed by atoms with Crippen LogP contribution in [0, 0.1) is 6.92 Å². The zero-order chi connectivity index (χ0) is 11.3. The highest BCUT2D eigenvalue weighted by Crippen LogP contribution is 2.48. The van der Waals surface area contributed by atoms with Crippen molar-refractivity contribution in [3.63, 3.8) is 0 Å². The third kappa shape index (κ3) is 1.03. The monoisotopic (exact) mass is 209 g/mol. The molecule has 0 saturated carbocycles. The standard InChI is InChI=1S/C15H15N/c1-10-14-11-6-4-5-7-12(11)15(2,3)13(14)8-9-16-10/h4-9H,1-3H3. The molecule has 0 fully saturated rings. The Kier molecular flexibility index (Phi) is 1.76. The molecule has 0 N–H and O–H groups in total. The number of pyridine rings is 1. The van der Waals surface area contributed by atoms with Crippen molar-refractivity contribution >= 4 is 0 Å². The maximum Gasteiger partial charge on any atom is 0.0454 e. The molecule has 1 aliphatic carbocycles. The SMILES string of the molecule is Cc1nccc2c1-c1ccccc1C2(C)C. The first-order chi connectivity index (χ1) is 7.62. The zero-order valence-corrected chi connectivity index (χ0v) is 9.91. The first-order valence-corrected chi connectivity index (χ1v) is 5.68. The summed E-state index contributed by atoms with van der Waals surface area (Å²) < 4.78 is 0. The lowest BCUT2D eigenvalue weighted by Gasteiger charge is -2.21. The number of aryl methyl sites for hydroxylation is 1. The lowest BCUT2D eigenvalue weighted by atomic mass is 9.83. The summed E-state index contributed by atoms with van der Waals surface area (Å²) in [4.78, 5) is 4.42. The second-order valence-corrected chi connectivity index (χ2v) is 4.99. The molecular formula is C15H15N. The van der Waals surface area contributed by atoms with E-state index < -0.39 is 0 Å². The van der Waals surface area contributed by atoms with Crippen LogP contribution in [0.5, 0.6) is 0 Å². The van der Waals surface area contributed by atoms with E-state index in [1.165, 1.54) is 22.3 Å². The van der Waals surface area contributed by atoms with Crippen molar-refractivity contribution in [2.24, 2.45) is 0 Å². The Balaban J connectivity index is 2.45. The van der Waals surface area contributed by atoms with E-state index in [0.717, 1.165) is 5.69 Å². The highest BCUT2D eigenvalue weighted by atomic mass is 14.7. The second-order valence-electron chi connectivity index (χ2n) is 4.99. The molecule has 1 heteroatoms. The molecule has 1 aromatic heterocycles. The van der Waals surface area contributed by atoms with Gasteiger partial charge in [0, 0.05) is 22.9 Å². The fourth-order valence-electron chi connectivity index (χ4n) is 2.82. The predicted octanol–water partition coefficient (Wildman–Crippen LogP) is 3.70. The molecule has 1 nitrogen and oxygen atoms in total. The predicted molar refractivity (Wildman–Crippen MR) is 66.5 cm³/mol. The Bertz CT molecular complexity index is 567. The first-order valence-electron chi connectivity index (χ1n) is 5.68. The van der Waals surface area contributed by atoms with Gasteiger partial charge in [0.2, 0.25) is 0 Å². The van der Waals surface area contributed by atoms with Crippen LogP contribution < -0.4 is 0 Å². The number of fused-ring (bicyclic) bond motifs is 3. The van der Waals surface area contributed by atoms with Crippen molar-refractivity contribution in [2.75, 3.05) is 0 Å². The van der Waals surface area contributed by atoms with Gasteiger partial charge in [0.1, 0.15) is 0 Å². The van der Waals surface area contributed by atoms with Gasteiger partial charge in [0.05, 0.1) is 0 Å². The van der Waals surface area contributed by atoms with Crippen molar-refractivity contribution < 1.29 is 0 Å². The third-order valence-corrected chi connectivity index (χ3v) is 3.68. The molecule has 3 rings (SSSR count). The van der Waals surface area contributed by atoms with E-state index in [-0.39, 0.29) is 5.41 Å². The first kappa shape index (κ1) is 9.59. The maximum absolute atomic E-state index is 4.42. The van der Waals surface area contributed by atoms with E-state index >= 15 is 0 Å². The van der Waals surface area contributed by atoms with Crippen molar-refractivity contribution in [1.29, 1.82) is 0 Å². The Labute approximate surface area is 96.2 Å². The molecule has 0 atom stereocenters. The van der Waals surface area contributed by atoms with Crippen LogP contribution >= 0.6 is 0 Å². The Morgan fingerprint density at radius 2 is 1.75 bits per heavy atom. The summed E-state index contributed by atoms with van der Waals surface area (Å²) in [7, 11) is 0. The van der Waals surface area contributed by atoms with Gasteiger partial charge in [-0.25, -0.2) is 0 Å². The lowest BCUT2D eigenvalue weighted by Crippen LogP contribution is -2.14.